The highest BCUT2D eigenvalue weighted by Gasteiger charge is 2.40. The smallest absolute Gasteiger partial charge is 0.306 e. The Morgan fingerprint density at radius 1 is 1.36 bits per heavy atom. The zero-order chi connectivity index (χ0) is 10.0. The van der Waals surface area contributed by atoms with E-state index in [0.29, 0.717) is 6.42 Å². The minimum absolute atomic E-state index is 0.00921. The van der Waals surface area contributed by atoms with Gasteiger partial charge in [-0.25, -0.2) is 0 Å². The number of carbonyl (C=O) groups is 1. The van der Waals surface area contributed by atoms with Crippen molar-refractivity contribution in [3.05, 3.63) is 0 Å². The lowest BCUT2D eigenvalue weighted by Crippen LogP contribution is -2.31. The van der Waals surface area contributed by atoms with Crippen LogP contribution in [0.3, 0.4) is 0 Å². The lowest BCUT2D eigenvalue weighted by Gasteiger charge is -2.26. The quantitative estimate of drug-likeness (QED) is 0.598. The van der Waals surface area contributed by atoms with Crippen LogP contribution < -0.4 is 0 Å². The number of hydrogen-bond donors (Lipinski definition) is 0. The lowest BCUT2D eigenvalue weighted by atomic mass is 9.92. The molecule has 2 fully saturated rings. The summed E-state index contributed by atoms with van der Waals surface area (Å²) in [6.07, 6.45) is 4.85. The normalized spacial score (nSPS) is 34.5. The molecule has 1 unspecified atom stereocenters. The van der Waals surface area contributed by atoms with E-state index in [1.807, 2.05) is 0 Å². The molecule has 2 heterocycles. The van der Waals surface area contributed by atoms with Crippen LogP contribution in [0.25, 0.3) is 0 Å². The van der Waals surface area contributed by atoms with Crippen molar-refractivity contribution in [2.24, 2.45) is 0 Å². The zero-order valence-corrected chi connectivity index (χ0v) is 8.92. The van der Waals surface area contributed by atoms with Gasteiger partial charge in [0.2, 0.25) is 0 Å². The number of carbonyl (C=O) groups excluding carboxylic acids is 1. The minimum Gasteiger partial charge on any atom is -0.459 e. The van der Waals surface area contributed by atoms with Crippen LogP contribution in [0.5, 0.6) is 0 Å². The van der Waals surface area contributed by atoms with E-state index in [1.165, 1.54) is 6.42 Å². The number of hydrogen-bond acceptors (Lipinski definition) is 3. The van der Waals surface area contributed by atoms with E-state index in [-0.39, 0.29) is 11.6 Å². The molecule has 0 aliphatic carbocycles. The molecule has 80 valence electrons. The van der Waals surface area contributed by atoms with Crippen molar-refractivity contribution in [2.45, 2.75) is 44.6 Å². The molecule has 0 radical (unpaired) electrons. The van der Waals surface area contributed by atoms with E-state index >= 15 is 0 Å². The second-order valence-corrected chi connectivity index (χ2v) is 4.44. The maximum atomic E-state index is 11.1. The number of ether oxygens (including phenoxy) is 1. The number of nitrogens with zero attached hydrogens (tertiary/aromatic N) is 1. The molecule has 2 aliphatic rings. The molecule has 14 heavy (non-hydrogen) atoms. The number of likely N-dealkylation sites (tertiary alicyclic amines) is 1. The summed E-state index contributed by atoms with van der Waals surface area (Å²) in [6, 6.07) is 0. The molecule has 0 aromatic carbocycles. The van der Waals surface area contributed by atoms with Crippen molar-refractivity contribution < 1.29 is 9.53 Å². The molecule has 2 aliphatic heterocycles. The highest BCUT2D eigenvalue weighted by molar-refractivity contribution is 5.72. The van der Waals surface area contributed by atoms with Gasteiger partial charge in [-0.2, -0.15) is 0 Å². The van der Waals surface area contributed by atoms with Gasteiger partial charge in [0.25, 0.3) is 0 Å². The molecule has 2 rings (SSSR count). The molecule has 0 bridgehead atoms. The second-order valence-electron chi connectivity index (χ2n) is 4.44. The summed E-state index contributed by atoms with van der Waals surface area (Å²) in [4.78, 5) is 13.6. The van der Waals surface area contributed by atoms with Crippen molar-refractivity contribution in [2.75, 3.05) is 19.6 Å². The van der Waals surface area contributed by atoms with Crippen LogP contribution in [-0.4, -0.2) is 36.1 Å². The highest BCUT2D eigenvalue weighted by Crippen LogP contribution is 2.36. The van der Waals surface area contributed by atoms with E-state index in [0.717, 1.165) is 38.9 Å². The Balaban J connectivity index is 1.97. The van der Waals surface area contributed by atoms with E-state index in [1.54, 1.807) is 0 Å². The summed E-state index contributed by atoms with van der Waals surface area (Å²) < 4.78 is 5.50. The first kappa shape index (κ1) is 9.97. The number of rotatable bonds is 1. The van der Waals surface area contributed by atoms with Crippen molar-refractivity contribution in [3.8, 4) is 0 Å². The van der Waals surface area contributed by atoms with E-state index in [9.17, 15) is 4.79 Å². The van der Waals surface area contributed by atoms with Crippen LogP contribution in [0.1, 0.15) is 39.0 Å². The van der Waals surface area contributed by atoms with Gasteiger partial charge in [0.15, 0.2) is 0 Å². The van der Waals surface area contributed by atoms with Gasteiger partial charge < -0.3 is 9.64 Å². The predicted molar refractivity (Wildman–Crippen MR) is 54.0 cm³/mol. The molecule has 2 saturated heterocycles. The van der Waals surface area contributed by atoms with Gasteiger partial charge in [0.1, 0.15) is 5.60 Å². The monoisotopic (exact) mass is 197 g/mol. The fraction of sp³-hybridized carbons (Fsp3) is 0.909. The topological polar surface area (TPSA) is 29.5 Å². The number of esters is 1. The van der Waals surface area contributed by atoms with Crippen LogP contribution >= 0.6 is 0 Å². The average molecular weight is 197 g/mol. The Hall–Kier alpha value is -0.570. The van der Waals surface area contributed by atoms with Gasteiger partial charge in [0.05, 0.1) is 0 Å². The first-order valence-electron chi connectivity index (χ1n) is 5.68. The van der Waals surface area contributed by atoms with E-state index in [2.05, 4.69) is 11.8 Å². The molecule has 3 nitrogen and oxygen atoms in total. The fourth-order valence-electron chi connectivity index (χ4n) is 2.57. The fourth-order valence-corrected chi connectivity index (χ4v) is 2.57. The van der Waals surface area contributed by atoms with Crippen molar-refractivity contribution in [1.82, 2.24) is 4.90 Å². The summed E-state index contributed by atoms with van der Waals surface area (Å²) >= 11 is 0. The maximum absolute atomic E-state index is 11.1. The Kier molecular flexibility index (Phi) is 2.77. The Morgan fingerprint density at radius 2 is 2.21 bits per heavy atom. The van der Waals surface area contributed by atoms with Crippen molar-refractivity contribution >= 4 is 5.97 Å². The molecule has 3 heteroatoms. The molecule has 0 N–H and O–H groups in total. The molecule has 0 amide bonds. The summed E-state index contributed by atoms with van der Waals surface area (Å²) in [5, 5.41) is 0. The third-order valence-electron chi connectivity index (χ3n) is 3.55. The molecular formula is C11H19NO2. The Morgan fingerprint density at radius 3 is 2.86 bits per heavy atom. The third-order valence-corrected chi connectivity index (χ3v) is 3.55. The summed E-state index contributed by atoms with van der Waals surface area (Å²) in [6.45, 7) is 5.56. The van der Waals surface area contributed by atoms with Gasteiger partial charge in [-0.05, 0) is 38.8 Å². The first-order valence-corrected chi connectivity index (χ1v) is 5.68. The summed E-state index contributed by atoms with van der Waals surface area (Å²) in [5.74, 6) is 0.00921. The standard InChI is InChI=1S/C11H19NO2/c1-2-12-8-3-5-11(7-9-12)6-4-10(13)14-11/h2-9H2,1H3. The van der Waals surface area contributed by atoms with Crippen LogP contribution in [0.2, 0.25) is 0 Å². The average Bonchev–Trinajstić information content (AvgIpc) is 2.44. The summed E-state index contributed by atoms with van der Waals surface area (Å²) in [7, 11) is 0. The molecule has 0 saturated carbocycles. The van der Waals surface area contributed by atoms with Gasteiger partial charge >= 0.3 is 5.97 Å². The van der Waals surface area contributed by atoms with Crippen LogP contribution in [0, 0.1) is 0 Å². The molecule has 0 aromatic heterocycles. The molecule has 1 atom stereocenters. The van der Waals surface area contributed by atoms with Crippen LogP contribution in [0.4, 0.5) is 0 Å². The second kappa shape index (κ2) is 3.89. The third kappa shape index (κ3) is 1.92. The van der Waals surface area contributed by atoms with E-state index < -0.39 is 0 Å². The maximum Gasteiger partial charge on any atom is 0.306 e. The van der Waals surface area contributed by atoms with Crippen LogP contribution in [-0.2, 0) is 9.53 Å². The zero-order valence-electron chi connectivity index (χ0n) is 8.92. The summed E-state index contributed by atoms with van der Waals surface area (Å²) in [5.41, 5.74) is -0.0823. The van der Waals surface area contributed by atoms with Gasteiger partial charge in [-0.1, -0.05) is 6.92 Å². The van der Waals surface area contributed by atoms with Crippen molar-refractivity contribution in [1.29, 1.82) is 0 Å². The Bertz CT molecular complexity index is 229. The largest absolute Gasteiger partial charge is 0.459 e. The molecular weight excluding hydrogens is 178 g/mol. The van der Waals surface area contributed by atoms with Crippen molar-refractivity contribution in [3.63, 3.8) is 0 Å². The Labute approximate surface area is 85.4 Å². The van der Waals surface area contributed by atoms with Crippen LogP contribution in [0.15, 0.2) is 0 Å². The SMILES string of the molecule is CCN1CCCC2(CCC(=O)O2)CC1. The lowest BCUT2D eigenvalue weighted by molar-refractivity contribution is -0.149. The van der Waals surface area contributed by atoms with Gasteiger partial charge in [0, 0.05) is 13.0 Å². The first-order chi connectivity index (χ1) is 6.74. The minimum atomic E-state index is -0.0823. The predicted octanol–water partition coefficient (Wildman–Crippen LogP) is 1.57. The molecule has 0 aromatic rings. The van der Waals surface area contributed by atoms with E-state index in [4.69, 9.17) is 4.74 Å². The molecule has 1 spiro atoms. The van der Waals surface area contributed by atoms with Gasteiger partial charge in [-0.15, -0.1) is 0 Å². The van der Waals surface area contributed by atoms with Gasteiger partial charge in [-0.3, -0.25) is 4.79 Å². The highest BCUT2D eigenvalue weighted by atomic mass is 16.6.